The van der Waals surface area contributed by atoms with Crippen molar-refractivity contribution < 1.29 is 13.2 Å². The molecule has 1 fully saturated rings. The van der Waals surface area contributed by atoms with E-state index in [0.717, 1.165) is 12.8 Å². The maximum Gasteiger partial charge on any atom is 0.254 e. The number of hydrogen-bond acceptors (Lipinski definition) is 5. The summed E-state index contributed by atoms with van der Waals surface area (Å²) in [4.78, 5) is 13.9. The second kappa shape index (κ2) is 5.68. The molecule has 118 valence electrons. The highest BCUT2D eigenvalue weighted by Crippen LogP contribution is 2.17. The minimum absolute atomic E-state index is 0.179. The molecule has 2 aromatic heterocycles. The average molecular weight is 322 g/mol. The van der Waals surface area contributed by atoms with Gasteiger partial charge in [0.1, 0.15) is 5.75 Å². The van der Waals surface area contributed by atoms with Crippen LogP contribution in [0.4, 0.5) is 0 Å². The fraction of sp³-hybridized carbons (Fsp3) is 0.500. The van der Waals surface area contributed by atoms with Crippen molar-refractivity contribution in [2.24, 2.45) is 5.92 Å². The summed E-state index contributed by atoms with van der Waals surface area (Å²) in [6, 6.07) is 5.12. The van der Waals surface area contributed by atoms with Gasteiger partial charge in [-0.3, -0.25) is 9.20 Å². The smallest absolute Gasteiger partial charge is 0.254 e. The van der Waals surface area contributed by atoms with Crippen LogP contribution in [-0.2, 0) is 14.6 Å². The lowest BCUT2D eigenvalue weighted by Crippen LogP contribution is -2.42. The van der Waals surface area contributed by atoms with E-state index in [-0.39, 0.29) is 11.1 Å². The number of hydrogen-bond donors (Lipinski definition) is 0. The average Bonchev–Trinajstić information content (AvgIpc) is 2.91. The van der Waals surface area contributed by atoms with Crippen LogP contribution in [0.5, 0.6) is 0 Å². The van der Waals surface area contributed by atoms with Gasteiger partial charge in [0.05, 0.1) is 0 Å². The molecule has 0 unspecified atom stereocenters. The number of carbonyl (C=O) groups excluding carboxylic acids is 1. The molecule has 3 rings (SSSR count). The highest BCUT2D eigenvalue weighted by molar-refractivity contribution is 7.91. The second-order valence-corrected chi connectivity index (χ2v) is 7.64. The number of carbonyl (C=O) groups is 1. The maximum atomic E-state index is 12.5. The van der Waals surface area contributed by atoms with Crippen LogP contribution in [0.2, 0.25) is 0 Å². The monoisotopic (exact) mass is 322 g/mol. The molecule has 3 heterocycles. The first kappa shape index (κ1) is 15.0. The van der Waals surface area contributed by atoms with Crippen molar-refractivity contribution in [3.05, 3.63) is 24.4 Å². The molecule has 1 aliphatic heterocycles. The molecular formula is C14H18N4O3S. The summed E-state index contributed by atoms with van der Waals surface area (Å²) >= 11 is 0. The lowest BCUT2D eigenvalue weighted by Gasteiger charge is -2.30. The van der Waals surface area contributed by atoms with Gasteiger partial charge in [0.25, 0.3) is 5.16 Å². The number of amides is 1. The number of fused-ring (bicyclic) bond motifs is 1. The zero-order chi connectivity index (χ0) is 15.7. The fourth-order valence-corrected chi connectivity index (χ4v) is 4.02. The normalized spacial score (nSPS) is 19.5. The largest absolute Gasteiger partial charge is 0.342 e. The number of aromatic nitrogens is 3. The summed E-state index contributed by atoms with van der Waals surface area (Å²) in [5.74, 6) is -0.511. The molecule has 0 bridgehead atoms. The van der Waals surface area contributed by atoms with Crippen molar-refractivity contribution in [3.8, 4) is 0 Å². The maximum absolute atomic E-state index is 12.5. The van der Waals surface area contributed by atoms with Gasteiger partial charge in [0, 0.05) is 19.3 Å². The Morgan fingerprint density at radius 3 is 2.95 bits per heavy atom. The Morgan fingerprint density at radius 1 is 1.36 bits per heavy atom. The third-order valence-electron chi connectivity index (χ3n) is 3.88. The number of rotatable bonds is 3. The van der Waals surface area contributed by atoms with Crippen LogP contribution in [-0.4, -0.2) is 52.7 Å². The topological polar surface area (TPSA) is 84.6 Å². The summed E-state index contributed by atoms with van der Waals surface area (Å²) in [5, 5.41) is 7.38. The second-order valence-electron chi connectivity index (χ2n) is 5.76. The van der Waals surface area contributed by atoms with E-state index < -0.39 is 15.6 Å². The van der Waals surface area contributed by atoms with Gasteiger partial charge in [-0.25, -0.2) is 8.42 Å². The van der Waals surface area contributed by atoms with Crippen molar-refractivity contribution in [3.63, 3.8) is 0 Å². The van der Waals surface area contributed by atoms with Gasteiger partial charge >= 0.3 is 0 Å². The highest BCUT2D eigenvalue weighted by atomic mass is 32.2. The predicted molar refractivity (Wildman–Crippen MR) is 80.0 cm³/mol. The summed E-state index contributed by atoms with van der Waals surface area (Å²) in [5.41, 5.74) is 0.445. The number of pyridine rings is 1. The minimum atomic E-state index is -3.81. The third kappa shape index (κ3) is 2.83. The minimum Gasteiger partial charge on any atom is -0.342 e. The molecular weight excluding hydrogens is 304 g/mol. The van der Waals surface area contributed by atoms with Crippen LogP contribution in [0.25, 0.3) is 5.65 Å². The zero-order valence-electron chi connectivity index (χ0n) is 12.3. The molecule has 0 spiro atoms. The van der Waals surface area contributed by atoms with E-state index in [1.54, 1.807) is 29.3 Å². The molecule has 22 heavy (non-hydrogen) atoms. The fourth-order valence-electron chi connectivity index (χ4n) is 2.77. The molecule has 8 heteroatoms. The summed E-state index contributed by atoms with van der Waals surface area (Å²) < 4.78 is 26.3. The number of sulfone groups is 1. The Morgan fingerprint density at radius 2 is 2.18 bits per heavy atom. The zero-order valence-corrected chi connectivity index (χ0v) is 13.2. The Kier molecular flexibility index (Phi) is 3.86. The quantitative estimate of drug-likeness (QED) is 0.833. The van der Waals surface area contributed by atoms with Gasteiger partial charge < -0.3 is 4.90 Å². The van der Waals surface area contributed by atoms with Crippen molar-refractivity contribution in [2.45, 2.75) is 24.9 Å². The molecule has 1 saturated heterocycles. The van der Waals surface area contributed by atoms with Crippen LogP contribution < -0.4 is 0 Å². The van der Waals surface area contributed by atoms with Crippen LogP contribution in [0.3, 0.4) is 0 Å². The van der Waals surface area contributed by atoms with Crippen molar-refractivity contribution >= 4 is 21.4 Å². The number of piperidine rings is 1. The summed E-state index contributed by atoms with van der Waals surface area (Å²) in [7, 11) is -3.81. The van der Waals surface area contributed by atoms with Gasteiger partial charge in [-0.1, -0.05) is 13.0 Å². The van der Waals surface area contributed by atoms with Crippen LogP contribution in [0, 0.1) is 5.92 Å². The SMILES string of the molecule is C[C@H]1CCCN(C(=O)CS(=O)(=O)c2nnc3ccccn23)C1. The third-order valence-corrected chi connectivity index (χ3v) is 5.35. The first-order chi connectivity index (χ1) is 10.5. The molecule has 0 saturated carbocycles. The van der Waals surface area contributed by atoms with E-state index in [2.05, 4.69) is 17.1 Å². The van der Waals surface area contributed by atoms with Gasteiger partial charge in [0.2, 0.25) is 15.7 Å². The molecule has 1 aliphatic rings. The first-order valence-corrected chi connectivity index (χ1v) is 8.93. The van der Waals surface area contributed by atoms with Gasteiger partial charge in [-0.15, -0.1) is 10.2 Å². The lowest BCUT2D eigenvalue weighted by atomic mass is 10.0. The lowest BCUT2D eigenvalue weighted by molar-refractivity contribution is -0.130. The molecule has 0 aromatic carbocycles. The van der Waals surface area contributed by atoms with Crippen LogP contribution in [0.1, 0.15) is 19.8 Å². The van der Waals surface area contributed by atoms with Gasteiger partial charge in [-0.2, -0.15) is 0 Å². The van der Waals surface area contributed by atoms with Crippen LogP contribution in [0.15, 0.2) is 29.6 Å². The molecule has 0 N–H and O–H groups in total. The van der Waals surface area contributed by atoms with Crippen LogP contribution >= 0.6 is 0 Å². The molecule has 2 aromatic rings. The Labute approximate surface area is 128 Å². The van der Waals surface area contributed by atoms with E-state index in [1.165, 1.54) is 4.40 Å². The molecule has 0 radical (unpaired) electrons. The van der Waals surface area contributed by atoms with E-state index >= 15 is 0 Å². The van der Waals surface area contributed by atoms with Crippen molar-refractivity contribution in [1.82, 2.24) is 19.5 Å². The van der Waals surface area contributed by atoms with E-state index in [9.17, 15) is 13.2 Å². The van der Waals surface area contributed by atoms with Crippen molar-refractivity contribution in [1.29, 1.82) is 0 Å². The highest BCUT2D eigenvalue weighted by Gasteiger charge is 2.29. The number of likely N-dealkylation sites (tertiary alicyclic amines) is 1. The summed E-state index contributed by atoms with van der Waals surface area (Å²) in [6.45, 7) is 3.31. The summed E-state index contributed by atoms with van der Waals surface area (Å²) in [6.07, 6.45) is 3.57. The van der Waals surface area contributed by atoms with E-state index in [4.69, 9.17) is 0 Å². The Hall–Kier alpha value is -1.96. The van der Waals surface area contributed by atoms with Crippen molar-refractivity contribution in [2.75, 3.05) is 18.8 Å². The first-order valence-electron chi connectivity index (χ1n) is 7.28. The number of nitrogens with zero attached hydrogens (tertiary/aromatic N) is 4. The molecule has 1 amide bonds. The molecule has 1 atom stereocenters. The molecule has 0 aliphatic carbocycles. The van der Waals surface area contributed by atoms with Gasteiger partial charge in [-0.05, 0) is 30.9 Å². The van der Waals surface area contributed by atoms with E-state index in [0.29, 0.717) is 24.7 Å². The Balaban J connectivity index is 1.83. The standard InChI is InChI=1S/C14H18N4O3S/c1-11-5-4-7-17(9-11)13(19)10-22(20,21)14-16-15-12-6-2-3-8-18(12)14/h2-3,6,8,11H,4-5,7,9-10H2,1H3/t11-/m0/s1. The van der Waals surface area contributed by atoms with E-state index in [1.807, 2.05) is 0 Å². The Bertz CT molecular complexity index is 799. The predicted octanol–water partition coefficient (Wildman–Crippen LogP) is 0.761. The molecule has 7 nitrogen and oxygen atoms in total. The van der Waals surface area contributed by atoms with Gasteiger partial charge in [0.15, 0.2) is 5.65 Å².